The Hall–Kier alpha value is -3.96. The lowest BCUT2D eigenvalue weighted by Gasteiger charge is -2.61. The Morgan fingerprint density at radius 3 is 2.86 bits per heavy atom. The van der Waals surface area contributed by atoms with Crippen LogP contribution in [0.5, 0.6) is 0 Å². The number of aryl methyl sites for hydroxylation is 1. The second-order valence-electron chi connectivity index (χ2n) is 10.3. The average molecular weight is 492 g/mol. The molecule has 11 nitrogen and oxygen atoms in total. The van der Waals surface area contributed by atoms with E-state index in [1.807, 2.05) is 25.5 Å². The van der Waals surface area contributed by atoms with Crippen molar-refractivity contribution in [1.29, 1.82) is 0 Å². The largest absolute Gasteiger partial charge is 0.443 e. The number of carbonyl (C=O) groups excluding carboxylic acids is 1. The van der Waals surface area contributed by atoms with Gasteiger partial charge in [0.1, 0.15) is 17.8 Å². The molecule has 2 bridgehead atoms. The van der Waals surface area contributed by atoms with Crippen LogP contribution in [0.15, 0.2) is 36.9 Å². The molecule has 186 valence electrons. The first-order valence-electron chi connectivity index (χ1n) is 12.2. The van der Waals surface area contributed by atoms with Gasteiger partial charge in [-0.25, -0.2) is 18.7 Å². The van der Waals surface area contributed by atoms with Gasteiger partial charge in [0.05, 0.1) is 24.3 Å². The van der Waals surface area contributed by atoms with Gasteiger partial charge >= 0.3 is 6.09 Å². The van der Waals surface area contributed by atoms with Gasteiger partial charge < -0.3 is 15.4 Å². The lowest BCUT2D eigenvalue weighted by atomic mass is 9.50. The van der Waals surface area contributed by atoms with Crippen molar-refractivity contribution in [3.8, 4) is 11.3 Å². The Labute approximate surface area is 205 Å². The normalized spacial score (nSPS) is 28.5. The fourth-order valence-electron chi connectivity index (χ4n) is 5.81. The zero-order valence-corrected chi connectivity index (χ0v) is 19.7. The maximum absolute atomic E-state index is 15.3. The summed E-state index contributed by atoms with van der Waals surface area (Å²) in [6.07, 6.45) is 8.68. The number of H-pyrrole nitrogens is 1. The molecule has 0 aliphatic heterocycles. The minimum absolute atomic E-state index is 0.0845. The molecule has 3 N–H and O–H groups in total. The van der Waals surface area contributed by atoms with Crippen molar-refractivity contribution in [2.24, 2.45) is 13.0 Å². The highest BCUT2D eigenvalue weighted by Crippen LogP contribution is 2.57. The summed E-state index contributed by atoms with van der Waals surface area (Å²) < 4.78 is 24.2. The third-order valence-electron chi connectivity index (χ3n) is 7.80. The van der Waals surface area contributed by atoms with Gasteiger partial charge in [0, 0.05) is 42.0 Å². The highest BCUT2D eigenvalue weighted by molar-refractivity contribution is 5.75. The molecule has 3 atom stereocenters. The second-order valence-corrected chi connectivity index (χ2v) is 10.3. The number of anilines is 2. The molecule has 4 fully saturated rings. The number of alkyl carbamates (subject to hydrolysis) is 1. The summed E-state index contributed by atoms with van der Waals surface area (Å²) in [6.45, 7) is 0. The van der Waals surface area contributed by atoms with Crippen LogP contribution in [0.25, 0.3) is 16.8 Å². The minimum Gasteiger partial charge on any atom is -0.443 e. The number of nitrogens with one attached hydrogen (secondary N) is 3. The molecule has 4 saturated carbocycles. The number of fused-ring (bicyclic) bond motifs is 1. The maximum atomic E-state index is 15.3. The van der Waals surface area contributed by atoms with Crippen molar-refractivity contribution in [1.82, 2.24) is 39.9 Å². The molecule has 0 unspecified atom stereocenters. The zero-order chi connectivity index (χ0) is 24.4. The predicted octanol–water partition coefficient (Wildman–Crippen LogP) is 3.46. The van der Waals surface area contributed by atoms with E-state index < -0.39 is 24.3 Å². The number of hydrogen-bond acceptors (Lipinski definition) is 7. The second kappa shape index (κ2) is 7.77. The number of aromatic amines is 1. The van der Waals surface area contributed by atoms with Gasteiger partial charge in [0.2, 0.25) is 0 Å². The summed E-state index contributed by atoms with van der Waals surface area (Å²) in [6, 6.07) is 3.64. The van der Waals surface area contributed by atoms with Crippen LogP contribution in [0.2, 0.25) is 0 Å². The molecule has 0 radical (unpaired) electrons. The van der Waals surface area contributed by atoms with Gasteiger partial charge in [-0.05, 0) is 44.1 Å². The number of rotatable bonds is 6. The molecule has 4 aromatic heterocycles. The number of hydrogen-bond donors (Lipinski definition) is 3. The van der Waals surface area contributed by atoms with Gasteiger partial charge in [0.15, 0.2) is 11.6 Å². The van der Waals surface area contributed by atoms with E-state index in [0.717, 1.165) is 36.3 Å². The van der Waals surface area contributed by atoms with Gasteiger partial charge in [-0.3, -0.25) is 9.78 Å². The van der Waals surface area contributed by atoms with Crippen molar-refractivity contribution in [3.63, 3.8) is 0 Å². The first-order valence-corrected chi connectivity index (χ1v) is 12.2. The quantitative estimate of drug-likeness (QED) is 0.377. The molecule has 8 rings (SSSR count). The summed E-state index contributed by atoms with van der Waals surface area (Å²) in [4.78, 5) is 17.0. The third kappa shape index (κ3) is 3.50. The molecule has 0 saturated heterocycles. The summed E-state index contributed by atoms with van der Waals surface area (Å²) in [7, 11) is 1.85. The van der Waals surface area contributed by atoms with E-state index in [1.54, 1.807) is 27.7 Å². The van der Waals surface area contributed by atoms with Crippen molar-refractivity contribution >= 4 is 23.2 Å². The monoisotopic (exact) mass is 491 g/mol. The average Bonchev–Trinajstić information content (AvgIpc) is 3.59. The van der Waals surface area contributed by atoms with Crippen LogP contribution in [0, 0.1) is 5.92 Å². The maximum Gasteiger partial charge on any atom is 0.407 e. The number of alkyl halides is 1. The smallest absolute Gasteiger partial charge is 0.407 e. The summed E-state index contributed by atoms with van der Waals surface area (Å²) in [5.74, 6) is 1.41. The number of ether oxygens (including phenoxy) is 1. The zero-order valence-electron chi connectivity index (χ0n) is 19.7. The van der Waals surface area contributed by atoms with Crippen LogP contribution in [-0.4, -0.2) is 58.5 Å². The van der Waals surface area contributed by atoms with Crippen molar-refractivity contribution < 1.29 is 13.9 Å². The Balaban J connectivity index is 1.06. The molecular formula is C24H26FN9O2. The van der Waals surface area contributed by atoms with Crippen LogP contribution in [0.1, 0.15) is 43.7 Å². The minimum atomic E-state index is -1.30. The summed E-state index contributed by atoms with van der Waals surface area (Å²) in [5.41, 5.74) is 2.91. The van der Waals surface area contributed by atoms with Gasteiger partial charge in [0.25, 0.3) is 0 Å². The van der Waals surface area contributed by atoms with Crippen molar-refractivity contribution in [2.75, 3.05) is 5.32 Å². The standard InChI is InChI=1S/C24H26FN9O2/c1-33-11-14(10-27-33)17-12-34-18(4-5-26-34)22(28-17)29-20-6-16(31-32-20)15-2-3-19(21(15)25)36-23(35)30-24-7-13(8-24)9-24/h4-6,10-13,15,19,21H,2-3,7-9H2,1H3,(H,30,35)(H2,28,29,31,32)/t13?,15-,19-,21+,24?/m1/s1. The van der Waals surface area contributed by atoms with Crippen LogP contribution in [-0.2, 0) is 11.8 Å². The third-order valence-corrected chi connectivity index (χ3v) is 7.80. The van der Waals surface area contributed by atoms with E-state index in [0.29, 0.717) is 35.9 Å². The van der Waals surface area contributed by atoms with Crippen molar-refractivity contribution in [3.05, 3.63) is 42.6 Å². The van der Waals surface area contributed by atoms with E-state index >= 15 is 4.39 Å². The Morgan fingerprint density at radius 1 is 1.25 bits per heavy atom. The van der Waals surface area contributed by atoms with Gasteiger partial charge in [-0.15, -0.1) is 0 Å². The van der Waals surface area contributed by atoms with E-state index in [9.17, 15) is 4.79 Å². The van der Waals surface area contributed by atoms with Crippen LogP contribution in [0.3, 0.4) is 0 Å². The fourth-order valence-corrected chi connectivity index (χ4v) is 5.81. The molecule has 1 amide bonds. The highest BCUT2D eigenvalue weighted by Gasteiger charge is 2.58. The van der Waals surface area contributed by atoms with Gasteiger partial charge in [-0.1, -0.05) is 0 Å². The molecule has 4 aromatic rings. The molecule has 36 heavy (non-hydrogen) atoms. The number of halogens is 1. The predicted molar refractivity (Wildman–Crippen MR) is 127 cm³/mol. The first kappa shape index (κ1) is 21.3. The summed E-state index contributed by atoms with van der Waals surface area (Å²) >= 11 is 0. The number of aromatic nitrogens is 7. The van der Waals surface area contributed by atoms with Crippen LogP contribution in [0.4, 0.5) is 20.8 Å². The molecule has 4 aliphatic carbocycles. The Morgan fingerprint density at radius 2 is 2.11 bits per heavy atom. The molecular weight excluding hydrogens is 465 g/mol. The number of amides is 1. The molecule has 4 aliphatic rings. The lowest BCUT2D eigenvalue weighted by molar-refractivity contribution is -0.0532. The van der Waals surface area contributed by atoms with E-state index in [1.165, 1.54) is 0 Å². The first-order chi connectivity index (χ1) is 17.4. The number of carbonyl (C=O) groups is 1. The molecule has 0 aromatic carbocycles. The molecule has 12 heteroatoms. The Bertz CT molecular complexity index is 1440. The SMILES string of the molecule is Cn1cc(-c2cn3nccc3c(Nc3cc([C@H]4CC[C@@H](OC(=O)NC56CC(C5)C6)[C@H]4F)[nH]n3)n2)cn1. The van der Waals surface area contributed by atoms with Crippen LogP contribution < -0.4 is 10.6 Å². The lowest BCUT2D eigenvalue weighted by Crippen LogP contribution is -2.68. The Kier molecular flexibility index (Phi) is 4.60. The highest BCUT2D eigenvalue weighted by atomic mass is 19.1. The molecule has 4 heterocycles. The van der Waals surface area contributed by atoms with E-state index in [2.05, 4.69) is 31.0 Å². The van der Waals surface area contributed by atoms with E-state index in [4.69, 9.17) is 9.72 Å². The topological polar surface area (TPSA) is 127 Å². The number of nitrogens with zero attached hydrogens (tertiary/aromatic N) is 6. The van der Waals surface area contributed by atoms with Crippen LogP contribution >= 0.6 is 0 Å². The van der Waals surface area contributed by atoms with Gasteiger partial charge in [-0.2, -0.15) is 15.3 Å². The fraction of sp³-hybridized carbons (Fsp3) is 0.458. The summed E-state index contributed by atoms with van der Waals surface area (Å²) in [5, 5.41) is 22.0. The van der Waals surface area contributed by atoms with E-state index in [-0.39, 0.29) is 5.54 Å². The van der Waals surface area contributed by atoms with Crippen molar-refractivity contribution in [2.45, 2.75) is 55.8 Å². The molecule has 0 spiro atoms.